The van der Waals surface area contributed by atoms with Gasteiger partial charge >= 0.3 is 6.18 Å². The van der Waals surface area contributed by atoms with Crippen molar-refractivity contribution < 1.29 is 27.9 Å². The van der Waals surface area contributed by atoms with Crippen LogP contribution in [-0.2, 0) is 12.7 Å². The van der Waals surface area contributed by atoms with Crippen molar-refractivity contribution in [3.05, 3.63) is 65.2 Å². The van der Waals surface area contributed by atoms with E-state index in [9.17, 15) is 27.9 Å². The average Bonchev–Trinajstić information content (AvgIpc) is 3.25. The molecule has 0 fully saturated rings. The van der Waals surface area contributed by atoms with Crippen LogP contribution in [0.1, 0.15) is 32.0 Å². The van der Waals surface area contributed by atoms with Crippen LogP contribution in [0, 0.1) is 6.92 Å². The fourth-order valence-corrected chi connectivity index (χ4v) is 2.38. The SMILES string of the molecule is Cc1ccc(O)c(C(=O)c2cnn(C(=O)Cn3ccc(C(F)(F)F)n3)c2)c1. The van der Waals surface area contributed by atoms with Gasteiger partial charge in [-0.2, -0.15) is 23.4 Å². The van der Waals surface area contributed by atoms with Crippen LogP contribution in [0.3, 0.4) is 0 Å². The Hall–Kier alpha value is -3.43. The molecule has 2 heterocycles. The lowest BCUT2D eigenvalue weighted by molar-refractivity contribution is -0.141. The molecule has 27 heavy (non-hydrogen) atoms. The van der Waals surface area contributed by atoms with Crippen LogP contribution in [0.4, 0.5) is 13.2 Å². The number of aromatic hydroxyl groups is 1. The molecule has 0 aliphatic heterocycles. The molecule has 0 saturated heterocycles. The van der Waals surface area contributed by atoms with E-state index in [4.69, 9.17) is 0 Å². The Morgan fingerprint density at radius 2 is 1.96 bits per heavy atom. The standard InChI is InChI=1S/C17H13F3N4O3/c1-10-2-3-13(25)12(6-10)16(27)11-7-21-24(8-11)15(26)9-23-5-4-14(22-23)17(18,19)20/h2-8,25H,9H2,1H3. The number of benzene rings is 1. The van der Waals surface area contributed by atoms with Crippen LogP contribution in [0.25, 0.3) is 0 Å². The normalized spacial score (nSPS) is 11.6. The zero-order valence-electron chi connectivity index (χ0n) is 13.9. The lowest BCUT2D eigenvalue weighted by Crippen LogP contribution is -2.19. The molecule has 7 nitrogen and oxygen atoms in total. The number of hydrogen-bond donors (Lipinski definition) is 1. The van der Waals surface area contributed by atoms with E-state index >= 15 is 0 Å². The third kappa shape index (κ3) is 3.89. The van der Waals surface area contributed by atoms with Crippen LogP contribution in [0.2, 0.25) is 0 Å². The van der Waals surface area contributed by atoms with Crippen LogP contribution in [0.15, 0.2) is 42.9 Å². The molecule has 0 aliphatic carbocycles. The monoisotopic (exact) mass is 378 g/mol. The Morgan fingerprint density at radius 1 is 1.22 bits per heavy atom. The Balaban J connectivity index is 1.77. The molecule has 10 heteroatoms. The highest BCUT2D eigenvalue weighted by atomic mass is 19.4. The Kier molecular flexibility index (Phi) is 4.56. The van der Waals surface area contributed by atoms with Gasteiger partial charge in [-0.05, 0) is 25.1 Å². The lowest BCUT2D eigenvalue weighted by atomic mass is 10.0. The molecule has 0 unspecified atom stereocenters. The smallest absolute Gasteiger partial charge is 0.435 e. The number of ketones is 1. The van der Waals surface area contributed by atoms with E-state index in [1.54, 1.807) is 13.0 Å². The number of nitrogens with zero attached hydrogens (tertiary/aromatic N) is 4. The summed E-state index contributed by atoms with van der Waals surface area (Å²) in [6.45, 7) is 1.27. The number of phenols is 1. The van der Waals surface area contributed by atoms with E-state index in [0.717, 1.165) is 39.6 Å². The average molecular weight is 378 g/mol. The molecule has 0 bridgehead atoms. The zero-order valence-corrected chi connectivity index (χ0v) is 13.9. The minimum atomic E-state index is -4.60. The predicted molar refractivity (Wildman–Crippen MR) is 86.4 cm³/mol. The summed E-state index contributed by atoms with van der Waals surface area (Å²) >= 11 is 0. The van der Waals surface area contributed by atoms with Crippen molar-refractivity contribution in [2.45, 2.75) is 19.6 Å². The summed E-state index contributed by atoms with van der Waals surface area (Å²) in [5.41, 5.74) is -0.232. The van der Waals surface area contributed by atoms with Gasteiger partial charge in [0.25, 0.3) is 5.91 Å². The van der Waals surface area contributed by atoms with E-state index in [1.807, 2.05) is 0 Å². The maximum Gasteiger partial charge on any atom is 0.435 e. The van der Waals surface area contributed by atoms with Crippen LogP contribution < -0.4 is 0 Å². The van der Waals surface area contributed by atoms with Crippen molar-refractivity contribution in [3.8, 4) is 5.75 Å². The minimum Gasteiger partial charge on any atom is -0.507 e. The molecule has 1 aromatic carbocycles. The number of alkyl halides is 3. The van der Waals surface area contributed by atoms with E-state index in [1.165, 1.54) is 12.1 Å². The Bertz CT molecular complexity index is 1020. The summed E-state index contributed by atoms with van der Waals surface area (Å²) < 4.78 is 39.3. The summed E-state index contributed by atoms with van der Waals surface area (Å²) in [6, 6.07) is 5.28. The van der Waals surface area contributed by atoms with Gasteiger partial charge in [0.2, 0.25) is 0 Å². The van der Waals surface area contributed by atoms with Gasteiger partial charge in [-0.15, -0.1) is 0 Å². The second-order valence-corrected chi connectivity index (χ2v) is 5.81. The number of phenolic OH excluding ortho intramolecular Hbond substituents is 1. The lowest BCUT2D eigenvalue weighted by Gasteiger charge is -2.04. The van der Waals surface area contributed by atoms with Crippen molar-refractivity contribution in [2.24, 2.45) is 0 Å². The van der Waals surface area contributed by atoms with Gasteiger partial charge in [0.05, 0.1) is 17.3 Å². The third-order valence-electron chi connectivity index (χ3n) is 3.73. The van der Waals surface area contributed by atoms with Crippen molar-refractivity contribution in [1.29, 1.82) is 0 Å². The summed E-state index contributed by atoms with van der Waals surface area (Å²) in [7, 11) is 0. The highest BCUT2D eigenvalue weighted by molar-refractivity contribution is 6.10. The number of halogens is 3. The van der Waals surface area contributed by atoms with E-state index in [2.05, 4.69) is 10.2 Å². The van der Waals surface area contributed by atoms with Gasteiger partial charge in [-0.3, -0.25) is 14.3 Å². The van der Waals surface area contributed by atoms with Gasteiger partial charge in [0, 0.05) is 12.4 Å². The molecule has 1 N–H and O–H groups in total. The van der Waals surface area contributed by atoms with Gasteiger partial charge in [0.1, 0.15) is 12.3 Å². The molecule has 0 atom stereocenters. The van der Waals surface area contributed by atoms with E-state index in [-0.39, 0.29) is 16.9 Å². The third-order valence-corrected chi connectivity index (χ3v) is 3.73. The summed E-state index contributed by atoms with van der Waals surface area (Å²) in [5.74, 6) is -1.42. The van der Waals surface area contributed by atoms with Crippen molar-refractivity contribution in [2.75, 3.05) is 0 Å². The van der Waals surface area contributed by atoms with Crippen LogP contribution in [0.5, 0.6) is 5.75 Å². The quantitative estimate of drug-likeness (QED) is 0.705. The van der Waals surface area contributed by atoms with Crippen molar-refractivity contribution in [1.82, 2.24) is 19.6 Å². The molecule has 0 saturated carbocycles. The maximum absolute atomic E-state index is 12.5. The number of aryl methyl sites for hydroxylation is 1. The highest BCUT2D eigenvalue weighted by Gasteiger charge is 2.33. The molecule has 3 rings (SSSR count). The largest absolute Gasteiger partial charge is 0.507 e. The molecule has 2 aromatic heterocycles. The highest BCUT2D eigenvalue weighted by Crippen LogP contribution is 2.27. The predicted octanol–water partition coefficient (Wildman–Crippen LogP) is 2.68. The van der Waals surface area contributed by atoms with Crippen LogP contribution >= 0.6 is 0 Å². The number of rotatable bonds is 4. The fourth-order valence-electron chi connectivity index (χ4n) is 2.38. The second-order valence-electron chi connectivity index (χ2n) is 5.81. The van der Waals surface area contributed by atoms with Crippen molar-refractivity contribution >= 4 is 11.7 Å². The first kappa shape index (κ1) is 18.4. The molecule has 140 valence electrons. The summed E-state index contributed by atoms with van der Waals surface area (Å²) in [6.07, 6.45) is -1.27. The molecule has 3 aromatic rings. The number of carbonyl (C=O) groups is 2. The fraction of sp³-hybridized carbons (Fsp3) is 0.176. The summed E-state index contributed by atoms with van der Waals surface area (Å²) in [5, 5.41) is 16.9. The van der Waals surface area contributed by atoms with Gasteiger partial charge < -0.3 is 5.11 Å². The first-order valence-electron chi connectivity index (χ1n) is 7.68. The first-order chi connectivity index (χ1) is 12.6. The Labute approximate surface area is 150 Å². The minimum absolute atomic E-state index is 0.0562. The second kappa shape index (κ2) is 6.71. The number of aromatic nitrogens is 4. The molecular formula is C17H13F3N4O3. The molecule has 0 spiro atoms. The van der Waals surface area contributed by atoms with E-state index < -0.39 is 30.1 Å². The van der Waals surface area contributed by atoms with Gasteiger partial charge in [-0.1, -0.05) is 11.6 Å². The topological polar surface area (TPSA) is 90.0 Å². The van der Waals surface area contributed by atoms with Crippen LogP contribution in [-0.4, -0.2) is 36.4 Å². The number of carbonyl (C=O) groups excluding carboxylic acids is 2. The zero-order chi connectivity index (χ0) is 19.8. The van der Waals surface area contributed by atoms with Gasteiger partial charge in [0.15, 0.2) is 11.5 Å². The van der Waals surface area contributed by atoms with E-state index in [0.29, 0.717) is 0 Å². The maximum atomic E-state index is 12.5. The summed E-state index contributed by atoms with van der Waals surface area (Å²) in [4.78, 5) is 24.6. The number of hydrogen-bond acceptors (Lipinski definition) is 5. The Morgan fingerprint density at radius 3 is 2.63 bits per heavy atom. The molecule has 0 aliphatic rings. The first-order valence-corrected chi connectivity index (χ1v) is 7.68. The molecular weight excluding hydrogens is 365 g/mol. The molecule has 0 amide bonds. The van der Waals surface area contributed by atoms with Gasteiger partial charge in [-0.25, -0.2) is 4.68 Å². The van der Waals surface area contributed by atoms with Crippen molar-refractivity contribution in [3.63, 3.8) is 0 Å². The molecule has 0 radical (unpaired) electrons.